The van der Waals surface area contributed by atoms with Gasteiger partial charge in [-0.25, -0.2) is 0 Å². The van der Waals surface area contributed by atoms with Gasteiger partial charge in [0.2, 0.25) is 0 Å². The maximum Gasteiger partial charge on any atom is 0.120 e. The van der Waals surface area contributed by atoms with E-state index in [1.165, 1.54) is 5.56 Å². The number of ether oxygens (including phenoxy) is 2. The van der Waals surface area contributed by atoms with E-state index in [0.29, 0.717) is 6.61 Å². The number of aliphatic hydroxyl groups excluding tert-OH is 1. The van der Waals surface area contributed by atoms with Gasteiger partial charge in [0, 0.05) is 7.11 Å². The minimum Gasteiger partial charge on any atom is -0.488 e. The molecule has 2 atom stereocenters. The van der Waals surface area contributed by atoms with E-state index in [1.807, 2.05) is 19.1 Å². The average molecular weight is 236 g/mol. The summed E-state index contributed by atoms with van der Waals surface area (Å²) in [6, 6.07) is 6.00. The third-order valence-corrected chi connectivity index (χ3v) is 3.14. The molecule has 1 N–H and O–H groups in total. The quantitative estimate of drug-likeness (QED) is 0.872. The zero-order valence-corrected chi connectivity index (χ0v) is 10.5. The monoisotopic (exact) mass is 236 g/mol. The van der Waals surface area contributed by atoms with Crippen LogP contribution in [-0.2, 0) is 11.2 Å². The lowest BCUT2D eigenvalue weighted by Gasteiger charge is -2.23. The summed E-state index contributed by atoms with van der Waals surface area (Å²) in [6.07, 6.45) is 2.66. The second kappa shape index (κ2) is 5.52. The van der Waals surface area contributed by atoms with Gasteiger partial charge < -0.3 is 14.6 Å². The minimum absolute atomic E-state index is 0.0267. The molecule has 3 heteroatoms. The summed E-state index contributed by atoms with van der Waals surface area (Å²) in [5, 5.41) is 9.94. The molecular formula is C14H20O3. The van der Waals surface area contributed by atoms with Crippen molar-refractivity contribution in [2.75, 3.05) is 13.7 Å². The maximum absolute atomic E-state index is 9.94. The minimum atomic E-state index is -0.333. The van der Waals surface area contributed by atoms with E-state index in [9.17, 15) is 5.11 Å². The first kappa shape index (κ1) is 12.4. The topological polar surface area (TPSA) is 38.7 Å². The van der Waals surface area contributed by atoms with E-state index in [1.54, 1.807) is 7.11 Å². The van der Waals surface area contributed by atoms with Crippen LogP contribution in [0.15, 0.2) is 18.2 Å². The van der Waals surface area contributed by atoms with Gasteiger partial charge >= 0.3 is 0 Å². The van der Waals surface area contributed by atoms with Crippen LogP contribution in [0, 0.1) is 0 Å². The SMILES string of the molecule is COCC(C)Oc1ccc2c(c1)C(O)CCC2. The fourth-order valence-electron chi connectivity index (χ4n) is 2.33. The van der Waals surface area contributed by atoms with Crippen LogP contribution in [0.5, 0.6) is 5.75 Å². The Morgan fingerprint density at radius 3 is 3.06 bits per heavy atom. The molecule has 0 bridgehead atoms. The zero-order chi connectivity index (χ0) is 12.3. The van der Waals surface area contributed by atoms with Crippen LogP contribution >= 0.6 is 0 Å². The molecule has 0 saturated heterocycles. The number of aliphatic hydroxyl groups is 1. The first-order chi connectivity index (χ1) is 8.20. The molecule has 94 valence electrons. The van der Waals surface area contributed by atoms with E-state index >= 15 is 0 Å². The molecule has 1 aromatic rings. The fraction of sp³-hybridized carbons (Fsp3) is 0.571. The Morgan fingerprint density at radius 1 is 1.47 bits per heavy atom. The summed E-state index contributed by atoms with van der Waals surface area (Å²) >= 11 is 0. The summed E-state index contributed by atoms with van der Waals surface area (Å²) in [5.41, 5.74) is 2.27. The second-order valence-electron chi connectivity index (χ2n) is 4.65. The standard InChI is InChI=1S/C14H20O3/c1-10(9-16-2)17-12-7-6-11-4-3-5-14(15)13(11)8-12/h6-8,10,14-15H,3-5,9H2,1-2H3. The van der Waals surface area contributed by atoms with Gasteiger partial charge in [-0.3, -0.25) is 0 Å². The van der Waals surface area contributed by atoms with Gasteiger partial charge in [-0.05, 0) is 49.4 Å². The summed E-state index contributed by atoms with van der Waals surface area (Å²) < 4.78 is 10.8. The van der Waals surface area contributed by atoms with Gasteiger partial charge in [0.15, 0.2) is 0 Å². The molecule has 3 nitrogen and oxygen atoms in total. The van der Waals surface area contributed by atoms with Crippen LogP contribution in [0.4, 0.5) is 0 Å². The van der Waals surface area contributed by atoms with Gasteiger partial charge in [0.05, 0.1) is 12.7 Å². The molecule has 0 aromatic heterocycles. The molecule has 1 aliphatic carbocycles. The Hall–Kier alpha value is -1.06. The predicted octanol–water partition coefficient (Wildman–Crippen LogP) is 2.47. The van der Waals surface area contributed by atoms with Crippen LogP contribution in [0.25, 0.3) is 0 Å². The van der Waals surface area contributed by atoms with Crippen molar-refractivity contribution in [1.82, 2.24) is 0 Å². The lowest BCUT2D eigenvalue weighted by molar-refractivity contribution is 0.0915. The highest BCUT2D eigenvalue weighted by atomic mass is 16.5. The molecule has 0 spiro atoms. The van der Waals surface area contributed by atoms with E-state index in [4.69, 9.17) is 9.47 Å². The van der Waals surface area contributed by atoms with Crippen LogP contribution in [0.3, 0.4) is 0 Å². The number of methoxy groups -OCH3 is 1. The first-order valence-electron chi connectivity index (χ1n) is 6.17. The Balaban J connectivity index is 2.12. The molecule has 0 aliphatic heterocycles. The Morgan fingerprint density at radius 2 is 2.29 bits per heavy atom. The Kier molecular flexibility index (Phi) is 4.02. The van der Waals surface area contributed by atoms with Crippen LogP contribution in [-0.4, -0.2) is 24.9 Å². The number of aryl methyl sites for hydroxylation is 1. The highest BCUT2D eigenvalue weighted by Gasteiger charge is 2.18. The zero-order valence-electron chi connectivity index (χ0n) is 10.5. The van der Waals surface area contributed by atoms with Crippen LogP contribution < -0.4 is 4.74 Å². The van der Waals surface area contributed by atoms with Gasteiger partial charge in [0.1, 0.15) is 11.9 Å². The van der Waals surface area contributed by atoms with E-state index in [-0.39, 0.29) is 12.2 Å². The van der Waals surface area contributed by atoms with E-state index < -0.39 is 0 Å². The van der Waals surface area contributed by atoms with E-state index in [0.717, 1.165) is 30.6 Å². The van der Waals surface area contributed by atoms with Crippen molar-refractivity contribution in [2.24, 2.45) is 0 Å². The Bertz CT molecular complexity index is 376. The number of fused-ring (bicyclic) bond motifs is 1. The summed E-state index contributed by atoms with van der Waals surface area (Å²) in [5.74, 6) is 0.814. The van der Waals surface area contributed by atoms with Gasteiger partial charge in [-0.15, -0.1) is 0 Å². The lowest BCUT2D eigenvalue weighted by Crippen LogP contribution is -2.18. The molecule has 1 aliphatic rings. The first-order valence-corrected chi connectivity index (χ1v) is 6.17. The third-order valence-electron chi connectivity index (χ3n) is 3.14. The van der Waals surface area contributed by atoms with Crippen molar-refractivity contribution in [3.8, 4) is 5.75 Å². The van der Waals surface area contributed by atoms with Crippen molar-refractivity contribution < 1.29 is 14.6 Å². The maximum atomic E-state index is 9.94. The average Bonchev–Trinajstić information content (AvgIpc) is 2.30. The highest BCUT2D eigenvalue weighted by molar-refractivity contribution is 5.38. The van der Waals surface area contributed by atoms with Crippen molar-refractivity contribution in [3.63, 3.8) is 0 Å². The Labute approximate surface area is 102 Å². The molecule has 2 rings (SSSR count). The van der Waals surface area contributed by atoms with Gasteiger partial charge in [-0.2, -0.15) is 0 Å². The number of benzene rings is 1. The van der Waals surface area contributed by atoms with E-state index in [2.05, 4.69) is 6.07 Å². The molecule has 1 aromatic carbocycles. The smallest absolute Gasteiger partial charge is 0.120 e. The summed E-state index contributed by atoms with van der Waals surface area (Å²) in [7, 11) is 1.66. The molecular weight excluding hydrogens is 216 g/mol. The lowest BCUT2D eigenvalue weighted by atomic mass is 9.89. The summed E-state index contributed by atoms with van der Waals surface area (Å²) in [6.45, 7) is 2.54. The molecule has 0 amide bonds. The molecule has 0 radical (unpaired) electrons. The molecule has 17 heavy (non-hydrogen) atoms. The van der Waals surface area contributed by atoms with Crippen molar-refractivity contribution in [1.29, 1.82) is 0 Å². The fourth-order valence-corrected chi connectivity index (χ4v) is 2.33. The second-order valence-corrected chi connectivity index (χ2v) is 4.65. The molecule has 0 fully saturated rings. The third kappa shape index (κ3) is 2.99. The largest absolute Gasteiger partial charge is 0.488 e. The number of rotatable bonds is 4. The molecule has 0 saturated carbocycles. The normalized spacial score (nSPS) is 20.8. The predicted molar refractivity (Wildman–Crippen MR) is 66.3 cm³/mol. The highest BCUT2D eigenvalue weighted by Crippen LogP contribution is 2.32. The van der Waals surface area contributed by atoms with Gasteiger partial charge in [0.25, 0.3) is 0 Å². The number of hydrogen-bond acceptors (Lipinski definition) is 3. The van der Waals surface area contributed by atoms with Crippen molar-refractivity contribution >= 4 is 0 Å². The number of hydrogen-bond donors (Lipinski definition) is 1. The van der Waals surface area contributed by atoms with Crippen LogP contribution in [0.2, 0.25) is 0 Å². The van der Waals surface area contributed by atoms with Crippen molar-refractivity contribution in [2.45, 2.75) is 38.4 Å². The van der Waals surface area contributed by atoms with Crippen LogP contribution in [0.1, 0.15) is 37.0 Å². The molecule has 2 unspecified atom stereocenters. The molecule has 0 heterocycles. The van der Waals surface area contributed by atoms with Gasteiger partial charge in [-0.1, -0.05) is 6.07 Å². The summed E-state index contributed by atoms with van der Waals surface area (Å²) in [4.78, 5) is 0. The van der Waals surface area contributed by atoms with Crippen molar-refractivity contribution in [3.05, 3.63) is 29.3 Å².